The molecule has 5 heteroatoms. The molecule has 17 heavy (non-hydrogen) atoms. The summed E-state index contributed by atoms with van der Waals surface area (Å²) in [6, 6.07) is 1.66. The Morgan fingerprint density at radius 2 is 2.18 bits per heavy atom. The summed E-state index contributed by atoms with van der Waals surface area (Å²) in [6.07, 6.45) is 5.22. The van der Waals surface area contributed by atoms with Gasteiger partial charge in [-0.1, -0.05) is 0 Å². The second kappa shape index (κ2) is 4.55. The van der Waals surface area contributed by atoms with E-state index in [-0.39, 0.29) is 6.04 Å². The Kier molecular flexibility index (Phi) is 3.10. The van der Waals surface area contributed by atoms with E-state index in [1.54, 1.807) is 30.4 Å². The van der Waals surface area contributed by atoms with Crippen LogP contribution in [-0.4, -0.2) is 21.9 Å². The molecule has 0 saturated heterocycles. The molecule has 1 atom stereocenters. The van der Waals surface area contributed by atoms with E-state index in [9.17, 15) is 0 Å². The van der Waals surface area contributed by atoms with Crippen LogP contribution in [-0.2, 0) is 7.05 Å². The van der Waals surface area contributed by atoms with Crippen molar-refractivity contribution >= 4 is 0 Å². The fourth-order valence-corrected chi connectivity index (χ4v) is 1.92. The third kappa shape index (κ3) is 2.01. The average molecular weight is 232 g/mol. The molecule has 0 radical (unpaired) electrons. The van der Waals surface area contributed by atoms with Crippen molar-refractivity contribution in [2.75, 3.05) is 7.11 Å². The highest BCUT2D eigenvalue weighted by Gasteiger charge is 2.19. The number of aromatic nitrogens is 3. The molecule has 0 bridgehead atoms. The monoisotopic (exact) mass is 232 g/mol. The van der Waals surface area contributed by atoms with Gasteiger partial charge in [-0.15, -0.1) is 0 Å². The van der Waals surface area contributed by atoms with E-state index in [0.29, 0.717) is 5.75 Å². The summed E-state index contributed by atoms with van der Waals surface area (Å²) in [5, 5.41) is 4.16. The van der Waals surface area contributed by atoms with Gasteiger partial charge in [-0.05, 0) is 24.1 Å². The van der Waals surface area contributed by atoms with Crippen LogP contribution in [0.25, 0.3) is 0 Å². The zero-order chi connectivity index (χ0) is 12.4. The quantitative estimate of drug-likeness (QED) is 0.863. The van der Waals surface area contributed by atoms with Gasteiger partial charge in [-0.2, -0.15) is 5.10 Å². The zero-order valence-electron chi connectivity index (χ0n) is 10.2. The lowest BCUT2D eigenvalue weighted by atomic mass is 10.0. The van der Waals surface area contributed by atoms with Crippen LogP contribution in [0.4, 0.5) is 0 Å². The Bertz CT molecular complexity index is 521. The molecule has 0 fully saturated rings. The molecule has 2 aromatic heterocycles. The lowest BCUT2D eigenvalue weighted by Gasteiger charge is -2.16. The van der Waals surface area contributed by atoms with E-state index in [1.807, 2.05) is 20.0 Å². The van der Waals surface area contributed by atoms with Gasteiger partial charge in [0.05, 0.1) is 19.3 Å². The number of methoxy groups -OCH3 is 1. The topological polar surface area (TPSA) is 66.0 Å². The molecule has 2 aromatic rings. The Hall–Kier alpha value is -1.88. The van der Waals surface area contributed by atoms with Gasteiger partial charge in [0.1, 0.15) is 5.69 Å². The number of pyridine rings is 1. The van der Waals surface area contributed by atoms with Crippen molar-refractivity contribution in [1.82, 2.24) is 14.8 Å². The first-order valence-electron chi connectivity index (χ1n) is 5.37. The summed E-state index contributed by atoms with van der Waals surface area (Å²) >= 11 is 0. The standard InChI is InChI=1S/C12H16N4O/c1-8-6-14-5-4-9(8)11(13)12-10(17-3)7-15-16(12)2/h4-7,11H,13H2,1-3H3. The maximum absolute atomic E-state index is 6.27. The number of ether oxygens (including phenoxy) is 1. The van der Waals surface area contributed by atoms with E-state index >= 15 is 0 Å². The summed E-state index contributed by atoms with van der Waals surface area (Å²) in [4.78, 5) is 4.06. The number of nitrogens with zero attached hydrogens (tertiary/aromatic N) is 3. The van der Waals surface area contributed by atoms with Gasteiger partial charge in [-0.3, -0.25) is 9.67 Å². The molecule has 2 rings (SSSR count). The second-order valence-electron chi connectivity index (χ2n) is 3.93. The van der Waals surface area contributed by atoms with E-state index in [1.165, 1.54) is 0 Å². The van der Waals surface area contributed by atoms with Crippen molar-refractivity contribution in [1.29, 1.82) is 0 Å². The molecule has 0 aromatic carbocycles. The molecule has 1 unspecified atom stereocenters. The van der Waals surface area contributed by atoms with Crippen LogP contribution < -0.4 is 10.5 Å². The van der Waals surface area contributed by atoms with Gasteiger partial charge < -0.3 is 10.5 Å². The van der Waals surface area contributed by atoms with Crippen LogP contribution in [0.3, 0.4) is 0 Å². The van der Waals surface area contributed by atoms with Crippen LogP contribution in [0.2, 0.25) is 0 Å². The number of hydrogen-bond acceptors (Lipinski definition) is 4. The number of nitrogens with two attached hydrogens (primary N) is 1. The maximum atomic E-state index is 6.27. The van der Waals surface area contributed by atoms with Gasteiger partial charge in [0, 0.05) is 19.4 Å². The third-order valence-corrected chi connectivity index (χ3v) is 2.86. The normalized spacial score (nSPS) is 12.5. The summed E-state index contributed by atoms with van der Waals surface area (Å²) in [5.74, 6) is 0.705. The van der Waals surface area contributed by atoms with E-state index < -0.39 is 0 Å². The molecular weight excluding hydrogens is 216 g/mol. The Labute approximate surface area is 100 Å². The number of rotatable bonds is 3. The molecule has 0 aliphatic rings. The van der Waals surface area contributed by atoms with E-state index in [2.05, 4.69) is 10.1 Å². The third-order valence-electron chi connectivity index (χ3n) is 2.86. The predicted octanol–water partition coefficient (Wildman–Crippen LogP) is 1.18. The van der Waals surface area contributed by atoms with E-state index in [4.69, 9.17) is 10.5 Å². The molecule has 0 aliphatic heterocycles. The number of aryl methyl sites for hydroxylation is 2. The van der Waals surface area contributed by atoms with Gasteiger partial charge in [0.25, 0.3) is 0 Å². The van der Waals surface area contributed by atoms with Crippen molar-refractivity contribution in [2.45, 2.75) is 13.0 Å². The van der Waals surface area contributed by atoms with Crippen molar-refractivity contribution in [2.24, 2.45) is 12.8 Å². The Morgan fingerprint density at radius 1 is 1.41 bits per heavy atom. The van der Waals surface area contributed by atoms with Crippen LogP contribution in [0.15, 0.2) is 24.7 Å². The summed E-state index contributed by atoms with van der Waals surface area (Å²) in [5.41, 5.74) is 9.22. The minimum Gasteiger partial charge on any atom is -0.493 e. The largest absolute Gasteiger partial charge is 0.493 e. The first-order valence-corrected chi connectivity index (χ1v) is 5.37. The summed E-state index contributed by atoms with van der Waals surface area (Å²) in [6.45, 7) is 1.99. The van der Waals surface area contributed by atoms with Crippen molar-refractivity contribution in [3.8, 4) is 5.75 Å². The fourth-order valence-electron chi connectivity index (χ4n) is 1.92. The highest BCUT2D eigenvalue weighted by molar-refractivity contribution is 5.38. The molecule has 0 aliphatic carbocycles. The molecule has 0 amide bonds. The second-order valence-corrected chi connectivity index (χ2v) is 3.93. The van der Waals surface area contributed by atoms with E-state index in [0.717, 1.165) is 16.8 Å². The fraction of sp³-hybridized carbons (Fsp3) is 0.333. The Balaban J connectivity index is 2.47. The Morgan fingerprint density at radius 3 is 2.82 bits per heavy atom. The highest BCUT2D eigenvalue weighted by Crippen LogP contribution is 2.28. The van der Waals surface area contributed by atoms with Crippen molar-refractivity contribution < 1.29 is 4.74 Å². The minimum atomic E-state index is -0.263. The molecule has 2 N–H and O–H groups in total. The van der Waals surface area contributed by atoms with Crippen LogP contribution >= 0.6 is 0 Å². The van der Waals surface area contributed by atoms with Crippen LogP contribution in [0.5, 0.6) is 5.75 Å². The lowest BCUT2D eigenvalue weighted by molar-refractivity contribution is 0.406. The molecule has 2 heterocycles. The molecule has 5 nitrogen and oxygen atoms in total. The van der Waals surface area contributed by atoms with Gasteiger partial charge >= 0.3 is 0 Å². The van der Waals surface area contributed by atoms with Gasteiger partial charge in [0.2, 0.25) is 0 Å². The molecular formula is C12H16N4O. The van der Waals surface area contributed by atoms with Crippen molar-refractivity contribution in [3.63, 3.8) is 0 Å². The minimum absolute atomic E-state index is 0.263. The maximum Gasteiger partial charge on any atom is 0.161 e. The van der Waals surface area contributed by atoms with Crippen molar-refractivity contribution in [3.05, 3.63) is 41.5 Å². The SMILES string of the molecule is COc1cnn(C)c1C(N)c1ccncc1C. The van der Waals surface area contributed by atoms with Crippen LogP contribution in [0.1, 0.15) is 22.9 Å². The number of hydrogen-bond donors (Lipinski definition) is 1. The molecule has 90 valence electrons. The lowest BCUT2D eigenvalue weighted by Crippen LogP contribution is -2.18. The smallest absolute Gasteiger partial charge is 0.161 e. The average Bonchev–Trinajstić information content (AvgIpc) is 2.70. The molecule has 0 saturated carbocycles. The zero-order valence-corrected chi connectivity index (χ0v) is 10.2. The van der Waals surface area contributed by atoms with Crippen LogP contribution in [0, 0.1) is 6.92 Å². The predicted molar refractivity (Wildman–Crippen MR) is 64.8 cm³/mol. The van der Waals surface area contributed by atoms with Gasteiger partial charge in [0.15, 0.2) is 5.75 Å². The first kappa shape index (κ1) is 11.6. The highest BCUT2D eigenvalue weighted by atomic mass is 16.5. The summed E-state index contributed by atoms with van der Waals surface area (Å²) < 4.78 is 7.01. The first-order chi connectivity index (χ1) is 8.15. The summed E-state index contributed by atoms with van der Waals surface area (Å²) in [7, 11) is 3.47. The molecule has 0 spiro atoms. The van der Waals surface area contributed by atoms with Gasteiger partial charge in [-0.25, -0.2) is 0 Å².